The van der Waals surface area contributed by atoms with Crippen LogP contribution in [0.4, 0.5) is 4.79 Å². The number of nitrogens with zero attached hydrogens (tertiary/aromatic N) is 2. The van der Waals surface area contributed by atoms with Gasteiger partial charge in [-0.1, -0.05) is 42.5 Å². The molecule has 10 nitrogen and oxygen atoms in total. The van der Waals surface area contributed by atoms with E-state index in [1.165, 1.54) is 6.07 Å². The molecule has 2 amide bonds. The van der Waals surface area contributed by atoms with Crippen molar-refractivity contribution in [2.45, 2.75) is 18.7 Å². The Balaban J connectivity index is 1.76. The van der Waals surface area contributed by atoms with Crippen molar-refractivity contribution in [1.82, 2.24) is 9.96 Å². The highest BCUT2D eigenvalue weighted by atomic mass is 32.3. The molecule has 2 aromatic rings. The number of carbonyl (C=O) groups is 2. The first-order valence-corrected chi connectivity index (χ1v) is 9.92. The van der Waals surface area contributed by atoms with E-state index in [1.807, 2.05) is 30.3 Å². The van der Waals surface area contributed by atoms with E-state index < -0.39 is 34.5 Å². The third-order valence-electron chi connectivity index (χ3n) is 4.77. The summed E-state index contributed by atoms with van der Waals surface area (Å²) in [7, 11) is -5.00. The molecular formula is C18H16N2O8S. The van der Waals surface area contributed by atoms with E-state index in [0.29, 0.717) is 16.4 Å². The van der Waals surface area contributed by atoms with E-state index in [0.717, 1.165) is 10.5 Å². The molecule has 0 saturated carbocycles. The second kappa shape index (κ2) is 7.03. The summed E-state index contributed by atoms with van der Waals surface area (Å²) >= 11 is 0. The maximum Gasteiger partial charge on any atom is 0.418 e. The monoisotopic (exact) mass is 420 g/mol. The Labute approximate surface area is 165 Å². The normalized spacial score (nSPS) is 20.5. The fourth-order valence-corrected chi connectivity index (χ4v) is 4.03. The summed E-state index contributed by atoms with van der Waals surface area (Å²) in [5, 5.41) is 10.1. The van der Waals surface area contributed by atoms with Gasteiger partial charge in [0.15, 0.2) is 6.04 Å². The number of ether oxygens (including phenoxy) is 1. The minimum absolute atomic E-state index is 0.135. The first-order chi connectivity index (χ1) is 13.8. The largest absolute Gasteiger partial charge is 0.489 e. The predicted octanol–water partition coefficient (Wildman–Crippen LogP) is 1.92. The predicted molar refractivity (Wildman–Crippen MR) is 96.9 cm³/mol. The number of aliphatic carboxylic acids is 1. The van der Waals surface area contributed by atoms with Gasteiger partial charge in [-0.15, -0.1) is 4.28 Å². The molecular weight excluding hydrogens is 404 g/mol. The van der Waals surface area contributed by atoms with E-state index in [4.69, 9.17) is 9.29 Å². The highest BCUT2D eigenvalue weighted by molar-refractivity contribution is 7.80. The highest BCUT2D eigenvalue weighted by Gasteiger charge is 2.53. The van der Waals surface area contributed by atoms with Crippen molar-refractivity contribution in [2.24, 2.45) is 0 Å². The number of hydroxylamine groups is 2. The average Bonchev–Trinajstić information content (AvgIpc) is 2.92. The van der Waals surface area contributed by atoms with E-state index in [1.54, 1.807) is 12.1 Å². The molecule has 2 unspecified atom stereocenters. The Morgan fingerprint density at radius 3 is 2.52 bits per heavy atom. The molecule has 0 aromatic heterocycles. The Kier molecular flexibility index (Phi) is 4.65. The van der Waals surface area contributed by atoms with Gasteiger partial charge in [0.25, 0.3) is 0 Å². The smallest absolute Gasteiger partial charge is 0.418 e. The lowest BCUT2D eigenvalue weighted by atomic mass is 9.90. The molecule has 0 radical (unpaired) electrons. The van der Waals surface area contributed by atoms with Gasteiger partial charge in [0, 0.05) is 5.56 Å². The lowest BCUT2D eigenvalue weighted by Crippen LogP contribution is -2.38. The second-order valence-electron chi connectivity index (χ2n) is 6.55. The number of fused-ring (bicyclic) bond motifs is 4. The fraction of sp³-hybridized carbons (Fsp3) is 0.222. The van der Waals surface area contributed by atoms with Gasteiger partial charge in [0.05, 0.1) is 6.54 Å². The van der Waals surface area contributed by atoms with Gasteiger partial charge >= 0.3 is 22.4 Å². The Morgan fingerprint density at radius 2 is 1.86 bits per heavy atom. The van der Waals surface area contributed by atoms with Gasteiger partial charge in [0.1, 0.15) is 18.4 Å². The quantitative estimate of drug-likeness (QED) is 0.677. The van der Waals surface area contributed by atoms with Crippen molar-refractivity contribution >= 4 is 22.4 Å². The number of hydrogen-bond acceptors (Lipinski definition) is 6. The van der Waals surface area contributed by atoms with Crippen molar-refractivity contribution in [2.75, 3.05) is 6.54 Å². The van der Waals surface area contributed by atoms with Gasteiger partial charge in [-0.2, -0.15) is 13.5 Å². The van der Waals surface area contributed by atoms with Gasteiger partial charge in [0.2, 0.25) is 0 Å². The summed E-state index contributed by atoms with van der Waals surface area (Å²) in [6, 6.07) is 10.7. The van der Waals surface area contributed by atoms with Crippen molar-refractivity contribution in [3.63, 3.8) is 0 Å². The molecule has 2 aliphatic rings. The summed E-state index contributed by atoms with van der Waals surface area (Å²) < 4.78 is 41.8. The molecule has 2 aromatic carbocycles. The van der Waals surface area contributed by atoms with Crippen LogP contribution in [0.1, 0.15) is 28.8 Å². The molecule has 0 aliphatic carbocycles. The van der Waals surface area contributed by atoms with Crippen LogP contribution in [0, 0.1) is 0 Å². The zero-order valence-corrected chi connectivity index (χ0v) is 15.7. The number of carbonyl (C=O) groups excluding carboxylic acids is 1. The summed E-state index contributed by atoms with van der Waals surface area (Å²) in [5.41, 5.74) is 1.47. The Morgan fingerprint density at radius 1 is 1.14 bits per heavy atom. The van der Waals surface area contributed by atoms with Crippen LogP contribution in [0.5, 0.6) is 5.75 Å². The van der Waals surface area contributed by atoms with Crippen LogP contribution in [0.2, 0.25) is 0 Å². The van der Waals surface area contributed by atoms with Crippen LogP contribution in [-0.2, 0) is 26.1 Å². The molecule has 29 heavy (non-hydrogen) atoms. The third-order valence-corrected chi connectivity index (χ3v) is 5.12. The summed E-state index contributed by atoms with van der Waals surface area (Å²) in [6.07, 6.45) is 0. The van der Waals surface area contributed by atoms with Gasteiger partial charge in [-0.25, -0.2) is 9.59 Å². The van der Waals surface area contributed by atoms with Crippen LogP contribution >= 0.6 is 0 Å². The van der Waals surface area contributed by atoms with Crippen molar-refractivity contribution in [3.8, 4) is 5.75 Å². The topological polar surface area (TPSA) is 134 Å². The molecule has 0 spiro atoms. The van der Waals surface area contributed by atoms with E-state index in [2.05, 4.69) is 4.28 Å². The minimum atomic E-state index is -5.00. The van der Waals surface area contributed by atoms with E-state index >= 15 is 0 Å². The number of hydrogen-bond donors (Lipinski definition) is 2. The van der Waals surface area contributed by atoms with Crippen molar-refractivity contribution in [3.05, 3.63) is 65.2 Å². The maximum absolute atomic E-state index is 12.6. The molecule has 2 bridgehead atoms. The number of rotatable bonds is 6. The zero-order valence-electron chi connectivity index (χ0n) is 14.8. The first-order valence-electron chi connectivity index (χ1n) is 8.55. The SMILES string of the molecule is O=C(O)C1c2cccc(OCc3ccccc3)c2C2CN1C(=O)N2OS(=O)(=O)O. The number of benzene rings is 2. The first kappa shape index (κ1) is 19.2. The molecule has 1 saturated heterocycles. The average molecular weight is 420 g/mol. The molecule has 2 heterocycles. The molecule has 2 aliphatic heterocycles. The third kappa shape index (κ3) is 3.50. The summed E-state index contributed by atoms with van der Waals surface area (Å²) in [5.74, 6) is -0.993. The molecule has 2 N–H and O–H groups in total. The molecule has 152 valence electrons. The van der Waals surface area contributed by atoms with Crippen LogP contribution < -0.4 is 4.74 Å². The summed E-state index contributed by atoms with van der Waals surface area (Å²) in [4.78, 5) is 25.4. The molecule has 2 atom stereocenters. The zero-order chi connectivity index (χ0) is 20.8. The Hall–Kier alpha value is -3.15. The van der Waals surface area contributed by atoms with Crippen molar-refractivity contribution in [1.29, 1.82) is 0 Å². The Bertz CT molecular complexity index is 1070. The van der Waals surface area contributed by atoms with E-state index in [9.17, 15) is 23.1 Å². The van der Waals surface area contributed by atoms with Crippen molar-refractivity contribution < 1.29 is 36.7 Å². The molecule has 4 rings (SSSR count). The standard InChI is InChI=1S/C18H16N2O8S/c21-17(22)16-12-7-4-8-14(27-10-11-5-2-1-3-6-11)15(12)13-9-19(16)18(23)20(13)28-29(24,25)26/h1-8,13,16H,9-10H2,(H,21,22)(H,24,25,26). The fourth-order valence-electron chi connectivity index (χ4n) is 3.66. The van der Waals surface area contributed by atoms with Crippen LogP contribution in [0.3, 0.4) is 0 Å². The highest BCUT2D eigenvalue weighted by Crippen LogP contribution is 2.47. The number of carboxylic acids is 1. The van der Waals surface area contributed by atoms with Gasteiger partial charge in [-0.3, -0.25) is 4.55 Å². The number of amides is 2. The van der Waals surface area contributed by atoms with Crippen LogP contribution in [0.25, 0.3) is 0 Å². The van der Waals surface area contributed by atoms with Crippen LogP contribution in [0.15, 0.2) is 48.5 Å². The molecule has 11 heteroatoms. The van der Waals surface area contributed by atoms with Crippen LogP contribution in [-0.4, -0.2) is 46.6 Å². The number of urea groups is 1. The summed E-state index contributed by atoms with van der Waals surface area (Å²) in [6.45, 7) is 0.0442. The van der Waals surface area contributed by atoms with E-state index in [-0.39, 0.29) is 18.7 Å². The second-order valence-corrected chi connectivity index (χ2v) is 7.56. The van der Waals surface area contributed by atoms with Gasteiger partial charge < -0.3 is 14.7 Å². The minimum Gasteiger partial charge on any atom is -0.489 e. The van der Waals surface area contributed by atoms with Gasteiger partial charge in [-0.05, 0) is 17.2 Å². The lowest BCUT2D eigenvalue weighted by molar-refractivity contribution is -0.142. The number of carboxylic acid groups (broad SMARTS) is 1. The molecule has 1 fully saturated rings. The lowest BCUT2D eigenvalue weighted by Gasteiger charge is -2.31. The maximum atomic E-state index is 12.6.